The van der Waals surface area contributed by atoms with Crippen molar-refractivity contribution in [2.75, 3.05) is 38.2 Å². The number of ether oxygens (including phenoxy) is 4. The van der Waals surface area contributed by atoms with Crippen molar-refractivity contribution in [3.8, 4) is 0 Å². The highest BCUT2D eigenvalue weighted by atomic mass is 31.3. The molecule has 8 heterocycles. The summed E-state index contributed by atoms with van der Waals surface area (Å²) in [6.07, 6.45) is -30.9. The summed E-state index contributed by atoms with van der Waals surface area (Å²) in [5.74, 6) is -9.24. The topological polar surface area (TPSA) is 966 Å². The lowest BCUT2D eigenvalue weighted by Gasteiger charge is -2.36. The molecular weight excluding hydrogens is 2150 g/mol. The monoisotopic (exact) mass is 2220 g/mol. The predicted molar refractivity (Wildman–Crippen MR) is 396 cm³/mol. The van der Waals surface area contributed by atoms with Gasteiger partial charge in [-0.05, 0) is 41.5 Å². The molecule has 4 fully saturated rings. The second-order valence-electron chi connectivity index (χ2n) is 27.9. The van der Waals surface area contributed by atoms with E-state index in [-0.39, 0.29) is 19.9 Å². The number of nitrogens with one attached hydrogen (secondary N) is 2. The summed E-state index contributed by atoms with van der Waals surface area (Å²) in [6, 6.07) is 0. The number of nitrogen functional groups attached to an aromatic ring is 2. The van der Waals surface area contributed by atoms with Gasteiger partial charge in [-0.1, -0.05) is 6.58 Å². The summed E-state index contributed by atoms with van der Waals surface area (Å²) in [4.78, 5) is 210. The number of aromatic nitrogens is 6. The fourth-order valence-corrected chi connectivity index (χ4v) is 24.7. The molecule has 0 aromatic carbocycles. The normalized spacial score (nSPS) is 30.7. The van der Waals surface area contributed by atoms with E-state index in [4.69, 9.17) is 79.3 Å². The first-order valence-corrected chi connectivity index (χ1v) is 51.9. The van der Waals surface area contributed by atoms with Gasteiger partial charge in [0.25, 0.3) is 11.5 Å². The highest BCUT2D eigenvalue weighted by molar-refractivity contribution is 7.68. The lowest BCUT2D eigenvalue weighted by Crippen LogP contribution is -2.55. The number of alkyl halides is 8. The van der Waals surface area contributed by atoms with Crippen LogP contribution in [0.3, 0.4) is 0 Å². The minimum atomic E-state index is -5.92. The molecule has 63 nitrogen and oxygen atoms in total. The Balaban J connectivity index is 0.000000316. The molecule has 3 aromatic rings. The second-order valence-corrected chi connectivity index (χ2v) is 45.3. The van der Waals surface area contributed by atoms with E-state index in [0.29, 0.717) is 23.5 Å². The van der Waals surface area contributed by atoms with Gasteiger partial charge in [0, 0.05) is 6.20 Å². The Morgan fingerprint density at radius 1 is 0.440 bits per heavy atom. The molecule has 0 aliphatic carbocycles. The largest absolute Gasteiger partial charge is 0.490 e. The van der Waals surface area contributed by atoms with Crippen molar-refractivity contribution in [2.45, 2.75) is 161 Å². The van der Waals surface area contributed by atoms with Crippen LogP contribution in [-0.4, -0.2) is 266 Å². The lowest BCUT2D eigenvalue weighted by molar-refractivity contribution is -0.133. The minimum absolute atomic E-state index is 0.0527. The molecule has 1 amide bonds. The van der Waals surface area contributed by atoms with Gasteiger partial charge in [0.15, 0.2) is 48.2 Å². The molecule has 3 aromatic heterocycles. The van der Waals surface area contributed by atoms with Gasteiger partial charge in [-0.15, -0.1) is 0 Å². The van der Waals surface area contributed by atoms with Gasteiger partial charge < -0.3 is 139 Å². The molecule has 4 saturated heterocycles. The van der Waals surface area contributed by atoms with Crippen molar-refractivity contribution in [1.29, 1.82) is 0 Å². The van der Waals surface area contributed by atoms with Crippen LogP contribution in [0.5, 0.6) is 0 Å². The Labute approximate surface area is 732 Å². The number of anilines is 2. The standard InChI is InChI=1S/C13H20F3N2O13P3.C12H19F3N3O13P3.C11H17F3N3O13P3.C11H16F3N2O14P3/c1-6-17-10(20)7(15)4-18(6)11-13(16,5-14)8(19)9(28-11)12(2,3)29-33(24,25)31-34(26,27)30-32(21,22)23;1-11(2,29-33(24,25)31-34(26,27)30-32(21,22)23)7-6(19)12(15,4-13)9(28-7)18-3-5(14)8(16)17-10(18)20;1-4(28-32(23,24)30-33(25,26)29-31(20,21)22)6-7(18)11(14,3-12)9(27-6)17-2-5(13)8(15)16-10(17)19;1-4(28-32(23,24)30-33(25,26)29-31(20,21)22)6-7(17)11(14,3-12)9(27-6)16-2-5(13)8(18)15-10(16)19/h4,8-9,11,19H,1,5H2,2-3H3,(H,17,20)(H,24,25)(H,26,27)(H2,21,22,23);3,6-7,9,19H,4H2,1-2H3,(H,24,25)(H,26,27)(H2,16,17,20)(H2,21,22,23);2,4,6-7,9,18H,3H2,1H3,(H,23,24)(H,25,26)(H2,15,16,19)(H2,20,21,22);2,4,6-7,9,17H,3H2,1H3,(H,23,24)(H,25,26)(H,15,18,19)(H2,20,21,22)/t8-,9-,11+,13?;6-,7-,9+,12?;2*4-,6-,7+,9-,11?/m0011/s1. The maximum Gasteiger partial charge on any atom is 0.490 e. The van der Waals surface area contributed by atoms with Crippen LogP contribution in [0, 0.1) is 17.5 Å². The molecule has 26 N–H and O–H groups in total. The Hall–Kier alpha value is -4.73. The second kappa shape index (κ2) is 42.4. The Morgan fingerprint density at radius 2 is 0.716 bits per heavy atom. The van der Waals surface area contributed by atoms with Crippen molar-refractivity contribution in [1.82, 2.24) is 38.9 Å². The fourth-order valence-electron chi connectivity index (χ4n) is 11.6. The number of aliphatic hydroxyl groups is 4. The third-order valence-electron chi connectivity index (χ3n) is 16.8. The van der Waals surface area contributed by atoms with E-state index in [1.54, 1.807) is 0 Å². The third kappa shape index (κ3) is 30.7. The zero-order chi connectivity index (χ0) is 104. The van der Waals surface area contributed by atoms with Crippen molar-refractivity contribution in [2.24, 2.45) is 0 Å². The Morgan fingerprint density at radius 3 is 1.03 bits per heavy atom. The van der Waals surface area contributed by atoms with Crippen LogP contribution in [0.2, 0.25) is 0 Å². The molecule has 87 heteroatoms. The Bertz CT molecular complexity index is 5800. The van der Waals surface area contributed by atoms with E-state index in [0.717, 1.165) is 41.5 Å². The number of phosphoric acid groups is 12. The first kappa shape index (κ1) is 120. The maximum absolute atomic E-state index is 15.4. The van der Waals surface area contributed by atoms with Gasteiger partial charge in [0.05, 0.1) is 30.8 Å². The van der Waals surface area contributed by atoms with Crippen molar-refractivity contribution in [3.63, 3.8) is 0 Å². The van der Waals surface area contributed by atoms with Crippen molar-refractivity contribution in [3.05, 3.63) is 102 Å². The van der Waals surface area contributed by atoms with Crippen LogP contribution in [0.1, 0.15) is 60.2 Å². The molecule has 8 rings (SSSR count). The summed E-state index contributed by atoms with van der Waals surface area (Å²) in [5.41, 5.74) is -14.2. The SMILES string of the molecule is C=C1NC(=O)C(F)=CN1[C@@H]1O[C@H](C(C)(C)OP(=O)(O)OP(=O)(O)OP(=O)(O)O)[C@H](O)C1(F)CF.CC(C)(OP(=O)(O)OP(=O)(O)OP(=O)(O)O)[C@H]1O[C@@H](n2cc(F)c(N)nc2=O)C(F)(CF)[C@H]1O.C[C@@H](OP(=O)(O)OP(=O)(O)OP(=O)(O)O)[C@H]1O[C@@H](n2cc(F)c(=O)[nH]c2=O)C(F)(CF)[C@H]1O.C[C@@H](OP(=O)(O)OP(=O)(O)OP(=O)(O)O)[C@H]1O[C@@H](n2cc(F)c(N)nc2=O)C(F)(CF)[C@H]1O. The fraction of sp³-hybridized carbons (Fsp3) is 0.638. The van der Waals surface area contributed by atoms with Gasteiger partial charge >= 0.3 is 111 Å². The number of aliphatic hydroxyl groups excluding tert-OH is 4. The first-order valence-electron chi connectivity index (χ1n) is 33.8. The quantitative estimate of drug-likeness (QED) is 0.0260. The van der Waals surface area contributed by atoms with Crippen LogP contribution in [0.15, 0.2) is 62.2 Å². The highest BCUT2D eigenvalue weighted by Crippen LogP contribution is 2.72. The summed E-state index contributed by atoms with van der Waals surface area (Å²) < 4.78 is 374. The number of nitrogens with zero attached hydrogens (tertiary/aromatic N) is 6. The van der Waals surface area contributed by atoms with E-state index >= 15 is 17.6 Å². The van der Waals surface area contributed by atoms with E-state index in [2.05, 4.69) is 69.1 Å². The number of hydrogen-bond acceptors (Lipinski definition) is 42. The molecule has 12 unspecified atom stereocenters. The van der Waals surface area contributed by atoms with E-state index < -0.39 is 310 Å². The zero-order valence-electron chi connectivity index (χ0n) is 66.1. The number of nitrogens with two attached hydrogens (primary N) is 2. The number of amides is 1. The van der Waals surface area contributed by atoms with E-state index in [1.165, 1.54) is 4.98 Å². The molecule has 134 heavy (non-hydrogen) atoms. The summed E-state index contributed by atoms with van der Waals surface area (Å²) in [5, 5.41) is 43.0. The van der Waals surface area contributed by atoms with Gasteiger partial charge in [-0.2, -0.15) is 53.2 Å². The number of carbonyl (C=O) groups excluding carboxylic acids is 1. The molecular formula is C47H72F12N10O53P12. The number of rotatable bonds is 36. The summed E-state index contributed by atoms with van der Waals surface area (Å²) in [7, 11) is -69.5. The molecule has 772 valence electrons. The minimum Gasteiger partial charge on any atom is -0.387 e. The molecule has 5 aliphatic heterocycles. The number of halogens is 12. The number of aromatic amines is 1. The van der Waals surface area contributed by atoms with Crippen LogP contribution in [0.4, 0.5) is 64.3 Å². The van der Waals surface area contributed by atoms with Crippen molar-refractivity contribution >= 4 is 111 Å². The predicted octanol–water partition coefficient (Wildman–Crippen LogP) is -0.416. The van der Waals surface area contributed by atoms with Gasteiger partial charge in [-0.3, -0.25) is 46.4 Å². The molecule has 0 spiro atoms. The number of carbonyl (C=O) groups is 1. The van der Waals surface area contributed by atoms with Crippen LogP contribution in [0.25, 0.3) is 0 Å². The first-order chi connectivity index (χ1) is 59.9. The molecule has 0 saturated carbocycles. The van der Waals surface area contributed by atoms with Crippen LogP contribution >= 0.6 is 93.9 Å². The van der Waals surface area contributed by atoms with Crippen molar-refractivity contribution < 1.29 is 283 Å². The van der Waals surface area contributed by atoms with Gasteiger partial charge in [-0.25, -0.2) is 113 Å². The third-order valence-corrected chi connectivity index (χ3v) is 32.8. The van der Waals surface area contributed by atoms with Gasteiger partial charge in [0.1, 0.15) is 92.6 Å². The highest BCUT2D eigenvalue weighted by Gasteiger charge is 2.68. The van der Waals surface area contributed by atoms with Gasteiger partial charge in [0.2, 0.25) is 34.3 Å². The Kier molecular flexibility index (Phi) is 37.9. The smallest absolute Gasteiger partial charge is 0.387 e. The molecule has 0 radical (unpaired) electrons. The number of hydrogen-bond donors (Lipinski definition) is 24. The van der Waals surface area contributed by atoms with Crippen LogP contribution in [-0.2, 0) is 131 Å². The summed E-state index contributed by atoms with van der Waals surface area (Å²) in [6.45, 7) is 0.240. The molecule has 0 bridgehead atoms. The van der Waals surface area contributed by atoms with E-state index in [9.17, 15) is 164 Å². The van der Waals surface area contributed by atoms with Crippen LogP contribution < -0.4 is 39.4 Å². The molecule has 5 aliphatic rings. The zero-order valence-corrected chi connectivity index (χ0v) is 76.8. The average Bonchev–Trinajstić information content (AvgIpc) is 1.58. The maximum atomic E-state index is 15.4. The summed E-state index contributed by atoms with van der Waals surface area (Å²) >= 11 is 0. The molecule has 26 atom stereocenters. The lowest BCUT2D eigenvalue weighted by atomic mass is 9.89. The van der Waals surface area contributed by atoms with E-state index in [1.807, 2.05) is 5.32 Å². The average molecular weight is 2220 g/mol. The number of H-pyrrole nitrogens is 1. The number of phosphoric ester groups is 4.